The molecule has 0 unspecified atom stereocenters. The standard InChI is InChI=1S/C17H12N4OS2/c1-10-14(24-9-20-10)16(22)21-15-13-12(11-5-3-2-4-6-11)7-23-17(13)19-8-18-15/h2-9H,1H3,(H,18,19,21,22). The van der Waals surface area contributed by atoms with E-state index in [0.717, 1.165) is 27.0 Å². The highest BCUT2D eigenvalue weighted by molar-refractivity contribution is 7.17. The summed E-state index contributed by atoms with van der Waals surface area (Å²) >= 11 is 2.86. The Morgan fingerprint density at radius 1 is 1.08 bits per heavy atom. The summed E-state index contributed by atoms with van der Waals surface area (Å²) in [5.41, 5.74) is 4.48. The molecule has 3 heterocycles. The van der Waals surface area contributed by atoms with Gasteiger partial charge < -0.3 is 5.32 Å². The molecule has 5 nitrogen and oxygen atoms in total. The average Bonchev–Trinajstić information content (AvgIpc) is 3.22. The van der Waals surface area contributed by atoms with Crippen LogP contribution in [0.2, 0.25) is 0 Å². The van der Waals surface area contributed by atoms with E-state index < -0.39 is 0 Å². The summed E-state index contributed by atoms with van der Waals surface area (Å²) in [6.45, 7) is 1.82. The number of aryl methyl sites for hydroxylation is 1. The molecule has 0 saturated carbocycles. The lowest BCUT2D eigenvalue weighted by Crippen LogP contribution is -2.13. The number of hydrogen-bond acceptors (Lipinski definition) is 6. The van der Waals surface area contributed by atoms with Crippen LogP contribution in [0.1, 0.15) is 15.4 Å². The topological polar surface area (TPSA) is 67.8 Å². The van der Waals surface area contributed by atoms with Gasteiger partial charge >= 0.3 is 0 Å². The van der Waals surface area contributed by atoms with Crippen LogP contribution in [0.15, 0.2) is 47.5 Å². The Bertz CT molecular complexity index is 1020. The Balaban J connectivity index is 1.80. The van der Waals surface area contributed by atoms with Crippen LogP contribution in [-0.2, 0) is 0 Å². The molecule has 4 rings (SSSR count). The van der Waals surface area contributed by atoms with Crippen molar-refractivity contribution in [2.45, 2.75) is 6.92 Å². The van der Waals surface area contributed by atoms with Crippen LogP contribution >= 0.6 is 22.7 Å². The van der Waals surface area contributed by atoms with E-state index in [1.165, 1.54) is 29.0 Å². The van der Waals surface area contributed by atoms with Crippen molar-refractivity contribution in [1.82, 2.24) is 15.0 Å². The van der Waals surface area contributed by atoms with Crippen LogP contribution in [0.25, 0.3) is 21.3 Å². The van der Waals surface area contributed by atoms with Gasteiger partial charge in [0.15, 0.2) is 0 Å². The fourth-order valence-corrected chi connectivity index (χ4v) is 4.10. The number of carbonyl (C=O) groups is 1. The maximum atomic E-state index is 12.5. The second-order valence-electron chi connectivity index (χ2n) is 5.14. The summed E-state index contributed by atoms with van der Waals surface area (Å²) in [4.78, 5) is 26.7. The molecule has 0 aliphatic rings. The Hall–Kier alpha value is -2.64. The third-order valence-electron chi connectivity index (χ3n) is 3.64. The summed E-state index contributed by atoms with van der Waals surface area (Å²) in [5.74, 6) is 0.332. The minimum absolute atomic E-state index is 0.194. The van der Waals surface area contributed by atoms with Gasteiger partial charge in [0.25, 0.3) is 5.91 Å². The van der Waals surface area contributed by atoms with E-state index in [4.69, 9.17) is 0 Å². The summed E-state index contributed by atoms with van der Waals surface area (Å²) in [6.07, 6.45) is 1.47. The summed E-state index contributed by atoms with van der Waals surface area (Å²) in [5, 5.41) is 5.82. The first-order chi connectivity index (χ1) is 11.7. The first-order valence-corrected chi connectivity index (χ1v) is 8.99. The SMILES string of the molecule is Cc1ncsc1C(=O)Nc1ncnc2scc(-c3ccccc3)c12. The van der Waals surface area contributed by atoms with E-state index in [-0.39, 0.29) is 5.91 Å². The number of nitrogens with zero attached hydrogens (tertiary/aromatic N) is 3. The minimum Gasteiger partial charge on any atom is -0.305 e. The lowest BCUT2D eigenvalue weighted by Gasteiger charge is -2.07. The predicted molar refractivity (Wildman–Crippen MR) is 97.7 cm³/mol. The van der Waals surface area contributed by atoms with Gasteiger partial charge in [0.1, 0.15) is 21.9 Å². The van der Waals surface area contributed by atoms with Gasteiger partial charge in [-0.05, 0) is 12.5 Å². The maximum absolute atomic E-state index is 12.5. The molecule has 118 valence electrons. The number of thiophene rings is 1. The lowest BCUT2D eigenvalue weighted by atomic mass is 10.1. The third kappa shape index (κ3) is 2.57. The molecular formula is C17H12N4OS2. The van der Waals surface area contributed by atoms with Crippen molar-refractivity contribution in [3.05, 3.63) is 58.1 Å². The number of fused-ring (bicyclic) bond motifs is 1. The zero-order valence-corrected chi connectivity index (χ0v) is 14.3. The van der Waals surface area contributed by atoms with Crippen molar-refractivity contribution in [2.24, 2.45) is 0 Å². The molecule has 0 atom stereocenters. The van der Waals surface area contributed by atoms with Gasteiger partial charge in [-0.2, -0.15) is 0 Å². The highest BCUT2D eigenvalue weighted by Crippen LogP contribution is 2.36. The number of benzene rings is 1. The molecule has 0 saturated heterocycles. The smallest absolute Gasteiger partial charge is 0.268 e. The molecule has 0 spiro atoms. The van der Waals surface area contributed by atoms with Crippen LogP contribution in [0.3, 0.4) is 0 Å². The number of anilines is 1. The van der Waals surface area contributed by atoms with Gasteiger partial charge in [-0.1, -0.05) is 30.3 Å². The quantitative estimate of drug-likeness (QED) is 0.594. The van der Waals surface area contributed by atoms with E-state index >= 15 is 0 Å². The number of rotatable bonds is 3. The van der Waals surface area contributed by atoms with Gasteiger partial charge in [0.05, 0.1) is 16.6 Å². The van der Waals surface area contributed by atoms with Crippen molar-refractivity contribution in [1.29, 1.82) is 0 Å². The summed E-state index contributed by atoms with van der Waals surface area (Å²) in [7, 11) is 0. The molecule has 0 fully saturated rings. The van der Waals surface area contributed by atoms with Crippen molar-refractivity contribution >= 4 is 44.6 Å². The third-order valence-corrected chi connectivity index (χ3v) is 5.45. The van der Waals surface area contributed by atoms with Gasteiger partial charge in [0.2, 0.25) is 0 Å². The van der Waals surface area contributed by atoms with Gasteiger partial charge in [-0.3, -0.25) is 4.79 Å². The van der Waals surface area contributed by atoms with Crippen LogP contribution in [-0.4, -0.2) is 20.9 Å². The van der Waals surface area contributed by atoms with E-state index in [9.17, 15) is 4.79 Å². The molecule has 24 heavy (non-hydrogen) atoms. The van der Waals surface area contributed by atoms with Crippen molar-refractivity contribution in [2.75, 3.05) is 5.32 Å². The van der Waals surface area contributed by atoms with Crippen LogP contribution in [0.5, 0.6) is 0 Å². The summed E-state index contributed by atoms with van der Waals surface area (Å²) < 4.78 is 0. The zero-order chi connectivity index (χ0) is 16.5. The van der Waals surface area contributed by atoms with Crippen molar-refractivity contribution < 1.29 is 4.79 Å². The molecule has 0 radical (unpaired) electrons. The van der Waals surface area contributed by atoms with Gasteiger partial charge in [-0.15, -0.1) is 22.7 Å². The van der Waals surface area contributed by atoms with E-state index in [2.05, 4.69) is 20.3 Å². The first-order valence-electron chi connectivity index (χ1n) is 7.23. The van der Waals surface area contributed by atoms with Crippen molar-refractivity contribution in [3.63, 3.8) is 0 Å². The van der Waals surface area contributed by atoms with Crippen LogP contribution < -0.4 is 5.32 Å². The van der Waals surface area contributed by atoms with E-state index in [0.29, 0.717) is 10.7 Å². The monoisotopic (exact) mass is 352 g/mol. The van der Waals surface area contributed by atoms with Crippen molar-refractivity contribution in [3.8, 4) is 11.1 Å². The van der Waals surface area contributed by atoms with E-state index in [1.807, 2.05) is 42.6 Å². The van der Waals surface area contributed by atoms with Crippen LogP contribution in [0.4, 0.5) is 5.82 Å². The molecule has 0 bridgehead atoms. The number of carbonyl (C=O) groups excluding carboxylic acids is 1. The highest BCUT2D eigenvalue weighted by Gasteiger charge is 2.17. The Morgan fingerprint density at radius 3 is 2.67 bits per heavy atom. The molecule has 1 N–H and O–H groups in total. The van der Waals surface area contributed by atoms with Gasteiger partial charge in [-0.25, -0.2) is 15.0 Å². The fourth-order valence-electron chi connectivity index (χ4n) is 2.48. The number of amides is 1. The molecule has 0 aliphatic carbocycles. The fraction of sp³-hybridized carbons (Fsp3) is 0.0588. The second-order valence-corrected chi connectivity index (χ2v) is 6.85. The molecular weight excluding hydrogens is 340 g/mol. The lowest BCUT2D eigenvalue weighted by molar-refractivity contribution is 0.102. The van der Waals surface area contributed by atoms with Crippen LogP contribution in [0, 0.1) is 6.92 Å². The molecule has 7 heteroatoms. The molecule has 1 amide bonds. The molecule has 3 aromatic heterocycles. The molecule has 0 aliphatic heterocycles. The number of nitrogens with one attached hydrogen (secondary N) is 1. The highest BCUT2D eigenvalue weighted by atomic mass is 32.1. The number of aromatic nitrogens is 3. The van der Waals surface area contributed by atoms with E-state index in [1.54, 1.807) is 5.51 Å². The summed E-state index contributed by atoms with van der Waals surface area (Å²) in [6, 6.07) is 10.0. The second kappa shape index (κ2) is 6.10. The first kappa shape index (κ1) is 14.9. The number of thiazole rings is 1. The maximum Gasteiger partial charge on any atom is 0.268 e. The van der Waals surface area contributed by atoms with Gasteiger partial charge in [0, 0.05) is 10.9 Å². The molecule has 1 aromatic carbocycles. The Labute approximate surface area is 146 Å². The Kier molecular flexibility index (Phi) is 3.79. The largest absolute Gasteiger partial charge is 0.305 e. The minimum atomic E-state index is -0.194. The normalized spacial score (nSPS) is 10.9. The number of hydrogen-bond donors (Lipinski definition) is 1. The average molecular weight is 352 g/mol. The predicted octanol–water partition coefficient (Wildman–Crippen LogP) is 4.38. The zero-order valence-electron chi connectivity index (χ0n) is 12.7. The Morgan fingerprint density at radius 2 is 1.92 bits per heavy atom. The molecule has 4 aromatic rings.